The molecule has 0 aromatic heterocycles. The van der Waals surface area contributed by atoms with Gasteiger partial charge in [0.15, 0.2) is 0 Å². The Hall–Kier alpha value is -2.25. The Morgan fingerprint density at radius 1 is 1.14 bits per heavy atom. The first-order valence-electron chi connectivity index (χ1n) is 6.56. The van der Waals surface area contributed by atoms with Crippen molar-refractivity contribution in [1.82, 2.24) is 0 Å². The maximum absolute atomic E-state index is 11.4. The second-order valence-electron chi connectivity index (χ2n) is 4.64. The van der Waals surface area contributed by atoms with Crippen molar-refractivity contribution in [3.63, 3.8) is 0 Å². The van der Waals surface area contributed by atoms with Crippen LogP contribution in [0.1, 0.15) is 16.7 Å². The monoisotopic (exact) mass is 297 g/mol. The van der Waals surface area contributed by atoms with E-state index in [4.69, 9.17) is 5.26 Å². The van der Waals surface area contributed by atoms with E-state index in [1.165, 1.54) is 11.8 Å². The predicted molar refractivity (Wildman–Crippen MR) is 84.0 cm³/mol. The van der Waals surface area contributed by atoms with Gasteiger partial charge in [0.2, 0.25) is 0 Å². The molecule has 2 aromatic rings. The summed E-state index contributed by atoms with van der Waals surface area (Å²) in [6, 6.07) is 19.0. The minimum Gasteiger partial charge on any atom is -0.480 e. The van der Waals surface area contributed by atoms with Gasteiger partial charge < -0.3 is 5.11 Å². The van der Waals surface area contributed by atoms with Gasteiger partial charge in [0.05, 0.1) is 11.6 Å². The Labute approximate surface area is 128 Å². The van der Waals surface area contributed by atoms with E-state index in [2.05, 4.69) is 6.07 Å². The quantitative estimate of drug-likeness (QED) is 0.886. The van der Waals surface area contributed by atoms with E-state index in [1.54, 1.807) is 12.1 Å². The molecule has 21 heavy (non-hydrogen) atoms. The first-order valence-corrected chi connectivity index (χ1v) is 7.61. The molecule has 0 aliphatic rings. The lowest BCUT2D eigenvalue weighted by molar-refractivity contribution is -0.136. The molecule has 0 aliphatic heterocycles. The van der Waals surface area contributed by atoms with E-state index in [0.29, 0.717) is 17.7 Å². The fourth-order valence-corrected chi connectivity index (χ4v) is 3.00. The molecule has 4 heteroatoms. The molecular weight excluding hydrogens is 282 g/mol. The zero-order valence-corrected chi connectivity index (χ0v) is 12.2. The van der Waals surface area contributed by atoms with Crippen LogP contribution in [0.2, 0.25) is 0 Å². The van der Waals surface area contributed by atoms with E-state index in [1.807, 2.05) is 42.5 Å². The average Bonchev–Trinajstić information content (AvgIpc) is 2.52. The number of benzene rings is 2. The number of hydrogen-bond donors (Lipinski definition) is 1. The van der Waals surface area contributed by atoms with Crippen LogP contribution in [0.4, 0.5) is 0 Å². The van der Waals surface area contributed by atoms with Gasteiger partial charge in [-0.15, -0.1) is 11.8 Å². The van der Waals surface area contributed by atoms with Crippen LogP contribution in [-0.4, -0.2) is 16.3 Å². The molecule has 1 N–H and O–H groups in total. The number of carboxylic acid groups (broad SMARTS) is 1. The number of nitrogens with zero attached hydrogens (tertiary/aromatic N) is 1. The number of rotatable bonds is 6. The van der Waals surface area contributed by atoms with E-state index in [0.717, 1.165) is 11.1 Å². The van der Waals surface area contributed by atoms with Crippen LogP contribution in [0.25, 0.3) is 0 Å². The largest absolute Gasteiger partial charge is 0.480 e. The van der Waals surface area contributed by atoms with Crippen molar-refractivity contribution in [2.45, 2.75) is 17.4 Å². The zero-order chi connectivity index (χ0) is 15.1. The van der Waals surface area contributed by atoms with Gasteiger partial charge in [-0.2, -0.15) is 5.26 Å². The number of nitriles is 1. The van der Waals surface area contributed by atoms with Crippen molar-refractivity contribution in [3.05, 3.63) is 71.3 Å². The third kappa shape index (κ3) is 4.66. The zero-order valence-electron chi connectivity index (χ0n) is 11.4. The smallest absolute Gasteiger partial charge is 0.316 e. The fourth-order valence-electron chi connectivity index (χ4n) is 1.97. The van der Waals surface area contributed by atoms with Crippen LogP contribution < -0.4 is 0 Å². The molecule has 0 heterocycles. The van der Waals surface area contributed by atoms with E-state index < -0.39 is 11.2 Å². The molecular formula is C17H15NO2S. The molecule has 2 rings (SSSR count). The topological polar surface area (TPSA) is 61.1 Å². The van der Waals surface area contributed by atoms with E-state index in [-0.39, 0.29) is 0 Å². The summed E-state index contributed by atoms with van der Waals surface area (Å²) in [5.41, 5.74) is 2.59. The summed E-state index contributed by atoms with van der Waals surface area (Å²) in [7, 11) is 0. The highest BCUT2D eigenvalue weighted by Crippen LogP contribution is 2.22. The lowest BCUT2D eigenvalue weighted by Crippen LogP contribution is -2.19. The van der Waals surface area contributed by atoms with Gasteiger partial charge >= 0.3 is 5.97 Å². The molecule has 3 nitrogen and oxygen atoms in total. The molecule has 0 aliphatic carbocycles. The van der Waals surface area contributed by atoms with Gasteiger partial charge in [-0.1, -0.05) is 42.5 Å². The van der Waals surface area contributed by atoms with Gasteiger partial charge in [0.25, 0.3) is 0 Å². The SMILES string of the molecule is N#Cc1cccc(CSC(Cc2ccccc2)C(=O)O)c1. The van der Waals surface area contributed by atoms with E-state index >= 15 is 0 Å². The van der Waals surface area contributed by atoms with Crippen LogP contribution >= 0.6 is 11.8 Å². The predicted octanol–water partition coefficient (Wildman–Crippen LogP) is 3.49. The summed E-state index contributed by atoms with van der Waals surface area (Å²) < 4.78 is 0. The molecule has 0 saturated carbocycles. The summed E-state index contributed by atoms with van der Waals surface area (Å²) in [5, 5.41) is 17.7. The Bertz CT molecular complexity index is 649. The molecule has 1 atom stereocenters. The number of carbonyl (C=O) groups is 1. The average molecular weight is 297 g/mol. The molecule has 0 fully saturated rings. The van der Waals surface area contributed by atoms with Crippen LogP contribution in [0.15, 0.2) is 54.6 Å². The maximum atomic E-state index is 11.4. The van der Waals surface area contributed by atoms with Gasteiger partial charge in [0, 0.05) is 5.75 Å². The Morgan fingerprint density at radius 2 is 1.86 bits per heavy atom. The summed E-state index contributed by atoms with van der Waals surface area (Å²) >= 11 is 1.39. The maximum Gasteiger partial charge on any atom is 0.316 e. The molecule has 106 valence electrons. The van der Waals surface area contributed by atoms with Gasteiger partial charge in [-0.05, 0) is 29.7 Å². The molecule has 2 aromatic carbocycles. The fraction of sp³-hybridized carbons (Fsp3) is 0.176. The van der Waals surface area contributed by atoms with Crippen molar-refractivity contribution in [2.24, 2.45) is 0 Å². The lowest BCUT2D eigenvalue weighted by atomic mass is 10.1. The highest BCUT2D eigenvalue weighted by Gasteiger charge is 2.18. The number of hydrogen-bond acceptors (Lipinski definition) is 3. The van der Waals surface area contributed by atoms with E-state index in [9.17, 15) is 9.90 Å². The van der Waals surface area contributed by atoms with Crippen LogP contribution in [-0.2, 0) is 17.0 Å². The standard InChI is InChI=1S/C17H15NO2S/c18-11-14-7-4-8-15(9-14)12-21-16(17(19)20)10-13-5-2-1-3-6-13/h1-9,16H,10,12H2,(H,19,20). The highest BCUT2D eigenvalue weighted by atomic mass is 32.2. The minimum absolute atomic E-state index is 0.488. The molecule has 0 saturated heterocycles. The Balaban J connectivity index is 2.00. The molecule has 0 bridgehead atoms. The van der Waals surface area contributed by atoms with Crippen molar-refractivity contribution in [2.75, 3.05) is 0 Å². The lowest BCUT2D eigenvalue weighted by Gasteiger charge is -2.12. The molecule has 0 radical (unpaired) electrons. The third-order valence-corrected chi connectivity index (χ3v) is 4.32. The van der Waals surface area contributed by atoms with Crippen molar-refractivity contribution in [3.8, 4) is 6.07 Å². The van der Waals surface area contributed by atoms with Gasteiger partial charge in [0.1, 0.15) is 5.25 Å². The van der Waals surface area contributed by atoms with Crippen LogP contribution in [0.3, 0.4) is 0 Å². The number of carboxylic acids is 1. The van der Waals surface area contributed by atoms with Gasteiger partial charge in [-0.25, -0.2) is 0 Å². The molecule has 1 unspecified atom stereocenters. The number of aliphatic carboxylic acids is 1. The highest BCUT2D eigenvalue weighted by molar-refractivity contribution is 7.99. The van der Waals surface area contributed by atoms with Crippen LogP contribution in [0.5, 0.6) is 0 Å². The Kier molecular flexibility index (Phi) is 5.42. The van der Waals surface area contributed by atoms with Gasteiger partial charge in [-0.3, -0.25) is 4.79 Å². The van der Waals surface area contributed by atoms with Crippen molar-refractivity contribution < 1.29 is 9.90 Å². The second-order valence-corrected chi connectivity index (χ2v) is 5.83. The molecule has 0 amide bonds. The minimum atomic E-state index is -0.805. The number of thioether (sulfide) groups is 1. The second kappa shape index (κ2) is 7.51. The summed E-state index contributed by atoms with van der Waals surface area (Å²) in [4.78, 5) is 11.4. The van der Waals surface area contributed by atoms with Crippen molar-refractivity contribution >= 4 is 17.7 Å². The van der Waals surface area contributed by atoms with Crippen molar-refractivity contribution in [1.29, 1.82) is 5.26 Å². The summed E-state index contributed by atoms with van der Waals surface area (Å²) in [6.45, 7) is 0. The first kappa shape index (κ1) is 15.1. The normalized spacial score (nSPS) is 11.6. The summed E-state index contributed by atoms with van der Waals surface area (Å²) in [5.74, 6) is -0.223. The first-order chi connectivity index (χ1) is 10.2. The Morgan fingerprint density at radius 3 is 2.52 bits per heavy atom. The summed E-state index contributed by atoms with van der Waals surface area (Å²) in [6.07, 6.45) is 0.499. The molecule has 0 spiro atoms. The van der Waals surface area contributed by atoms with Crippen LogP contribution in [0, 0.1) is 11.3 Å². The third-order valence-electron chi connectivity index (χ3n) is 3.05.